The van der Waals surface area contributed by atoms with Crippen LogP contribution in [-0.4, -0.2) is 0 Å². The fourth-order valence-corrected chi connectivity index (χ4v) is 1.66. The van der Waals surface area contributed by atoms with Crippen LogP contribution < -0.4 is 0 Å². The summed E-state index contributed by atoms with van der Waals surface area (Å²) in [5.41, 5.74) is 0. The molecule has 0 N–H and O–H groups in total. The van der Waals surface area contributed by atoms with Crippen molar-refractivity contribution in [3.05, 3.63) is 23.1 Å². The highest BCUT2D eigenvalue weighted by molar-refractivity contribution is 8.48. The van der Waals surface area contributed by atoms with Crippen LogP contribution in [0.25, 0.3) is 0 Å². The molecule has 86 valence electrons. The molecular weight excluding hydrogens is 223 g/mol. The quantitative estimate of drug-likeness (QED) is 0.524. The fraction of sp³-hybridized carbons (Fsp3) is 0.500. The van der Waals surface area contributed by atoms with Crippen molar-refractivity contribution in [2.24, 2.45) is 0 Å². The van der Waals surface area contributed by atoms with Crippen molar-refractivity contribution in [1.82, 2.24) is 0 Å². The average Bonchev–Trinajstić information content (AvgIpc) is 2.06. The molecule has 0 aliphatic heterocycles. The number of rotatable bonds is 1. The van der Waals surface area contributed by atoms with Crippen LogP contribution in [-0.2, 0) is 0 Å². The zero-order valence-electron chi connectivity index (χ0n) is 7.94. The van der Waals surface area contributed by atoms with Crippen molar-refractivity contribution < 1.29 is 19.4 Å². The molecular formula is C8H13F5S. The molecule has 0 aromatic heterocycles. The van der Waals surface area contributed by atoms with Gasteiger partial charge in [0, 0.05) is 0 Å². The summed E-state index contributed by atoms with van der Waals surface area (Å²) in [7, 11) is -9.38. The Balaban J connectivity index is 0.000000791. The molecule has 0 nitrogen and oxygen atoms in total. The number of halogens is 5. The molecule has 1 aliphatic rings. The highest BCUT2D eigenvalue weighted by Gasteiger charge is 2.66. The van der Waals surface area contributed by atoms with Gasteiger partial charge >= 0.3 is 10.2 Å². The lowest BCUT2D eigenvalue weighted by atomic mass is 10.2. The third kappa shape index (κ3) is 4.13. The van der Waals surface area contributed by atoms with E-state index in [1.807, 2.05) is 13.8 Å². The zero-order valence-corrected chi connectivity index (χ0v) is 8.76. The molecule has 1 rings (SSSR count). The molecule has 0 heterocycles. The van der Waals surface area contributed by atoms with Gasteiger partial charge in [0.1, 0.15) is 4.91 Å². The average molecular weight is 236 g/mol. The number of hydrogen-bond acceptors (Lipinski definition) is 0. The van der Waals surface area contributed by atoms with E-state index in [2.05, 4.69) is 0 Å². The summed E-state index contributed by atoms with van der Waals surface area (Å²) < 4.78 is 59.9. The van der Waals surface area contributed by atoms with Crippen molar-refractivity contribution in [2.75, 3.05) is 0 Å². The summed E-state index contributed by atoms with van der Waals surface area (Å²) in [6, 6.07) is 0. The Hall–Kier alpha value is -0.520. The van der Waals surface area contributed by atoms with E-state index in [1.54, 1.807) is 0 Å². The minimum atomic E-state index is -9.38. The fourth-order valence-electron chi connectivity index (χ4n) is 0.875. The zero-order chi connectivity index (χ0) is 11.5. The van der Waals surface area contributed by atoms with Gasteiger partial charge in [-0.1, -0.05) is 45.4 Å². The summed E-state index contributed by atoms with van der Waals surface area (Å²) in [5, 5.41) is 0. The van der Waals surface area contributed by atoms with Gasteiger partial charge < -0.3 is 0 Å². The van der Waals surface area contributed by atoms with E-state index in [0.29, 0.717) is 18.6 Å². The van der Waals surface area contributed by atoms with E-state index in [9.17, 15) is 19.4 Å². The molecule has 14 heavy (non-hydrogen) atoms. The van der Waals surface area contributed by atoms with Gasteiger partial charge in [0.25, 0.3) is 0 Å². The van der Waals surface area contributed by atoms with Crippen LogP contribution in [0.1, 0.15) is 26.7 Å². The Labute approximate surface area is 80.2 Å². The lowest BCUT2D eigenvalue weighted by Gasteiger charge is -2.42. The maximum absolute atomic E-state index is 12.0. The Morgan fingerprint density at radius 2 is 1.50 bits per heavy atom. The molecule has 1 aliphatic carbocycles. The SMILES string of the molecule is CC.FS(F)(F)(F)(F)C1=CCCC=C1. The molecule has 0 saturated heterocycles. The molecule has 0 aromatic rings. The third-order valence-electron chi connectivity index (χ3n) is 1.41. The van der Waals surface area contributed by atoms with E-state index >= 15 is 0 Å². The van der Waals surface area contributed by atoms with Gasteiger partial charge in [-0.15, -0.1) is 0 Å². The minimum absolute atomic E-state index is 0.0252. The second-order valence-electron chi connectivity index (χ2n) is 2.56. The molecule has 0 unspecified atom stereocenters. The third-order valence-corrected chi connectivity index (χ3v) is 2.60. The van der Waals surface area contributed by atoms with Crippen molar-refractivity contribution in [3.63, 3.8) is 0 Å². The standard InChI is InChI=1S/C6H7F5S.C2H6/c7-12(8,9,10,11)6-4-2-1-3-5-6;1-2/h2,4-5H,1,3H2;1-2H3. The second kappa shape index (κ2) is 3.25. The maximum Gasteiger partial charge on any atom is 0.310 e. The van der Waals surface area contributed by atoms with Crippen LogP contribution in [0, 0.1) is 0 Å². The van der Waals surface area contributed by atoms with E-state index in [4.69, 9.17) is 0 Å². The highest BCUT2D eigenvalue weighted by Crippen LogP contribution is 3.02. The van der Waals surface area contributed by atoms with Gasteiger partial charge in [0.15, 0.2) is 0 Å². The van der Waals surface area contributed by atoms with Gasteiger partial charge in [-0.3, -0.25) is 0 Å². The molecule has 6 heteroatoms. The molecule has 0 amide bonds. The first-order valence-corrected chi connectivity index (χ1v) is 6.15. The van der Waals surface area contributed by atoms with Gasteiger partial charge in [0.05, 0.1) is 0 Å². The predicted octanol–water partition coefficient (Wildman–Crippen LogP) is 5.55. The van der Waals surface area contributed by atoms with Crippen LogP contribution >= 0.6 is 10.2 Å². The number of hydrogen-bond donors (Lipinski definition) is 0. The van der Waals surface area contributed by atoms with Crippen LogP contribution in [0.15, 0.2) is 23.1 Å². The van der Waals surface area contributed by atoms with Crippen molar-refractivity contribution >= 4 is 10.2 Å². The van der Waals surface area contributed by atoms with Crippen molar-refractivity contribution in [2.45, 2.75) is 26.7 Å². The largest absolute Gasteiger partial charge is 0.310 e. The van der Waals surface area contributed by atoms with Gasteiger partial charge in [-0.05, 0) is 18.9 Å². The highest BCUT2D eigenvalue weighted by atomic mass is 32.5. The Morgan fingerprint density at radius 3 is 1.71 bits per heavy atom. The topological polar surface area (TPSA) is 0 Å². The van der Waals surface area contributed by atoms with Crippen LogP contribution in [0.4, 0.5) is 19.4 Å². The normalized spacial score (nSPS) is 21.2. The summed E-state index contributed by atoms with van der Waals surface area (Å²) in [4.78, 5) is -1.76. The predicted molar refractivity (Wildman–Crippen MR) is 50.9 cm³/mol. The first kappa shape index (κ1) is 13.5. The first-order chi connectivity index (χ1) is 6.09. The molecule has 0 aromatic carbocycles. The lowest BCUT2D eigenvalue weighted by Crippen LogP contribution is -2.08. The van der Waals surface area contributed by atoms with E-state index < -0.39 is 15.1 Å². The van der Waals surface area contributed by atoms with Crippen molar-refractivity contribution in [1.29, 1.82) is 0 Å². The maximum atomic E-state index is 12.0. The molecule has 0 radical (unpaired) electrons. The Bertz CT molecular complexity index is 257. The first-order valence-electron chi connectivity index (χ1n) is 4.20. The minimum Gasteiger partial charge on any atom is -0.0936 e. The molecule has 0 fully saturated rings. The second-order valence-corrected chi connectivity index (χ2v) is 4.96. The molecule has 0 saturated carbocycles. The summed E-state index contributed by atoms with van der Waals surface area (Å²) in [6.07, 6.45) is 2.51. The van der Waals surface area contributed by atoms with Crippen molar-refractivity contribution in [3.8, 4) is 0 Å². The molecule has 0 spiro atoms. The van der Waals surface area contributed by atoms with E-state index in [-0.39, 0.29) is 6.42 Å². The van der Waals surface area contributed by atoms with E-state index in [1.165, 1.54) is 0 Å². The number of allylic oxidation sites excluding steroid dienone is 3. The molecule has 0 atom stereocenters. The van der Waals surface area contributed by atoms with Gasteiger partial charge in [0.2, 0.25) is 0 Å². The van der Waals surface area contributed by atoms with E-state index in [0.717, 1.165) is 6.08 Å². The van der Waals surface area contributed by atoms with Gasteiger partial charge in [-0.2, -0.15) is 0 Å². The Morgan fingerprint density at radius 1 is 1.00 bits per heavy atom. The smallest absolute Gasteiger partial charge is 0.0936 e. The summed E-state index contributed by atoms with van der Waals surface area (Å²) in [5.74, 6) is 0. The monoisotopic (exact) mass is 236 g/mol. The molecule has 0 bridgehead atoms. The van der Waals surface area contributed by atoms with Gasteiger partial charge in [-0.25, -0.2) is 0 Å². The van der Waals surface area contributed by atoms with Crippen LogP contribution in [0.2, 0.25) is 0 Å². The van der Waals surface area contributed by atoms with Crippen LogP contribution in [0.3, 0.4) is 0 Å². The summed E-state index contributed by atoms with van der Waals surface area (Å²) in [6.45, 7) is 4.00. The lowest BCUT2D eigenvalue weighted by molar-refractivity contribution is 0.380. The Kier molecular flexibility index (Phi) is 3.13. The summed E-state index contributed by atoms with van der Waals surface area (Å²) >= 11 is 0. The van der Waals surface area contributed by atoms with Crippen LogP contribution in [0.5, 0.6) is 0 Å².